The van der Waals surface area contributed by atoms with E-state index >= 15 is 0 Å². The van der Waals surface area contributed by atoms with Crippen LogP contribution in [0.25, 0.3) is 0 Å². The van der Waals surface area contributed by atoms with Gasteiger partial charge in [0, 0.05) is 93.1 Å². The summed E-state index contributed by atoms with van der Waals surface area (Å²) in [5, 5.41) is 16.7. The summed E-state index contributed by atoms with van der Waals surface area (Å²) in [6.45, 7) is 10.4. The van der Waals surface area contributed by atoms with Crippen LogP contribution in [-0.2, 0) is 57.2 Å². The third-order valence-corrected chi connectivity index (χ3v) is 10.2. The van der Waals surface area contributed by atoms with E-state index in [1.165, 1.54) is 53.4 Å². The highest BCUT2D eigenvalue weighted by Crippen LogP contribution is 2.29. The zero-order chi connectivity index (χ0) is 46.7. The van der Waals surface area contributed by atoms with Gasteiger partial charge in [0.15, 0.2) is 6.23 Å². The van der Waals surface area contributed by atoms with Crippen molar-refractivity contribution >= 4 is 41.4 Å². The molecule has 8 N–H and O–H groups in total. The zero-order valence-electron chi connectivity index (χ0n) is 38.8. The number of rotatable bonds is 38. The average molecular weight is 900 g/mol. The van der Waals surface area contributed by atoms with Crippen molar-refractivity contribution < 1.29 is 57.2 Å². The minimum Gasteiger partial charge on any atom is -0.379 e. The van der Waals surface area contributed by atoms with E-state index in [0.717, 1.165) is 25.7 Å². The smallest absolute Gasteiger partial charge is 0.239 e. The Morgan fingerprint density at radius 1 is 0.540 bits per heavy atom. The van der Waals surface area contributed by atoms with Crippen LogP contribution in [0.4, 0.5) is 0 Å². The van der Waals surface area contributed by atoms with Gasteiger partial charge in [0.2, 0.25) is 41.4 Å². The zero-order valence-corrected chi connectivity index (χ0v) is 38.8. The van der Waals surface area contributed by atoms with E-state index in [1.807, 2.05) is 0 Å². The minimum absolute atomic E-state index is 0.0459. The van der Waals surface area contributed by atoms with Gasteiger partial charge in [-0.05, 0) is 44.9 Å². The van der Waals surface area contributed by atoms with E-state index in [-0.39, 0.29) is 74.7 Å². The second kappa shape index (κ2) is 36.4. The number of hydrogen-bond acceptors (Lipinski definition) is 12. The van der Waals surface area contributed by atoms with Gasteiger partial charge in [0.05, 0.1) is 6.61 Å². The molecule has 7 amide bonds. The number of carbonyl (C=O) groups is 7. The van der Waals surface area contributed by atoms with Crippen LogP contribution >= 0.6 is 0 Å². The normalized spacial score (nSPS) is 18.8. The van der Waals surface area contributed by atoms with Crippen LogP contribution in [0, 0.1) is 0 Å². The van der Waals surface area contributed by atoms with Crippen LogP contribution < -0.4 is 37.6 Å². The molecule has 1 heterocycles. The Kier molecular flexibility index (Phi) is 33.0. The number of amides is 7. The van der Waals surface area contributed by atoms with Crippen molar-refractivity contribution in [1.29, 1.82) is 0 Å². The summed E-state index contributed by atoms with van der Waals surface area (Å²) in [6, 6.07) is -0.737. The quantitative estimate of drug-likeness (QED) is 0.0440. The highest BCUT2D eigenvalue weighted by molar-refractivity contribution is 5.86. The van der Waals surface area contributed by atoms with Crippen molar-refractivity contribution in [3.63, 3.8) is 0 Å². The van der Waals surface area contributed by atoms with Gasteiger partial charge in [-0.3, -0.25) is 33.6 Å². The second-order valence-electron chi connectivity index (χ2n) is 16.1. The Morgan fingerprint density at radius 3 is 1.48 bits per heavy atom. The van der Waals surface area contributed by atoms with E-state index in [4.69, 9.17) is 29.4 Å². The number of hydrogen-bond donors (Lipinski definition) is 7. The average Bonchev–Trinajstić information content (AvgIpc) is 3.21. The maximum absolute atomic E-state index is 13.5. The van der Waals surface area contributed by atoms with Crippen molar-refractivity contribution in [1.82, 2.24) is 31.9 Å². The molecule has 0 aromatic heterocycles. The molecule has 0 saturated carbocycles. The molecule has 1 unspecified atom stereocenters. The lowest BCUT2D eigenvalue weighted by Gasteiger charge is -2.46. The Labute approximate surface area is 375 Å². The fourth-order valence-electron chi connectivity index (χ4n) is 6.88. The van der Waals surface area contributed by atoms with E-state index in [0.29, 0.717) is 77.7 Å². The number of nitrogens with one attached hydrogen (secondary N) is 6. The van der Waals surface area contributed by atoms with Crippen LogP contribution in [-0.4, -0.2) is 137 Å². The van der Waals surface area contributed by atoms with Gasteiger partial charge >= 0.3 is 0 Å². The Balaban J connectivity index is 3.09. The number of primary amides is 1. The van der Waals surface area contributed by atoms with Gasteiger partial charge < -0.3 is 61.3 Å². The van der Waals surface area contributed by atoms with Gasteiger partial charge in [0.25, 0.3) is 0 Å². The molecule has 0 aromatic carbocycles. The molecular weight excluding hydrogens is 819 g/mol. The number of nitrogens with two attached hydrogens (primary N) is 1. The van der Waals surface area contributed by atoms with Gasteiger partial charge in [-0.25, -0.2) is 0 Å². The fraction of sp³-hybridized carbons (Fsp3) is 0.841. The van der Waals surface area contributed by atoms with Gasteiger partial charge in [-0.2, -0.15) is 0 Å². The summed E-state index contributed by atoms with van der Waals surface area (Å²) < 4.78 is 31.8. The molecule has 1 fully saturated rings. The summed E-state index contributed by atoms with van der Waals surface area (Å²) in [5.41, 5.74) is 5.60. The van der Waals surface area contributed by atoms with Crippen LogP contribution in [0.2, 0.25) is 0 Å². The van der Waals surface area contributed by atoms with Crippen molar-refractivity contribution in [3.8, 4) is 0 Å². The lowest BCUT2D eigenvalue weighted by Crippen LogP contribution is -2.65. The lowest BCUT2D eigenvalue weighted by molar-refractivity contribution is -0.270. The number of carbonyl (C=O) groups excluding carboxylic acids is 7. The Morgan fingerprint density at radius 2 is 0.984 bits per heavy atom. The first-order valence-electron chi connectivity index (χ1n) is 23.2. The molecule has 63 heavy (non-hydrogen) atoms. The third kappa shape index (κ3) is 30.0. The van der Waals surface area contributed by atoms with E-state index in [2.05, 4.69) is 38.8 Å². The molecular formula is C44H81N7O12. The molecule has 0 radical (unpaired) electrons. The summed E-state index contributed by atoms with van der Waals surface area (Å²) in [5.74, 6) is -1.90. The summed E-state index contributed by atoms with van der Waals surface area (Å²) in [6.07, 6.45) is 8.04. The Bertz CT molecular complexity index is 1330. The van der Waals surface area contributed by atoms with Crippen LogP contribution in [0.15, 0.2) is 0 Å². The maximum atomic E-state index is 13.5. The number of ether oxygens (including phenoxy) is 5. The van der Waals surface area contributed by atoms with Gasteiger partial charge in [-0.15, -0.1) is 0 Å². The minimum atomic E-state index is -1.03. The first-order valence-corrected chi connectivity index (χ1v) is 23.2. The summed E-state index contributed by atoms with van der Waals surface area (Å²) in [4.78, 5) is 84.3. The molecule has 1 rings (SSSR count). The predicted octanol–water partition coefficient (Wildman–Crippen LogP) is 2.17. The van der Waals surface area contributed by atoms with Crippen molar-refractivity contribution in [2.45, 2.75) is 180 Å². The molecule has 6 atom stereocenters. The van der Waals surface area contributed by atoms with E-state index < -0.39 is 42.6 Å². The highest BCUT2D eigenvalue weighted by Gasteiger charge is 2.48. The van der Waals surface area contributed by atoms with Crippen LogP contribution in [0.1, 0.15) is 144 Å². The summed E-state index contributed by atoms with van der Waals surface area (Å²) >= 11 is 0. The second-order valence-corrected chi connectivity index (χ2v) is 16.1. The topological polar surface area (TPSA) is 264 Å². The van der Waals surface area contributed by atoms with Crippen molar-refractivity contribution in [3.05, 3.63) is 0 Å². The van der Waals surface area contributed by atoms with Gasteiger partial charge in [0.1, 0.15) is 30.5 Å². The maximum Gasteiger partial charge on any atom is 0.239 e. The van der Waals surface area contributed by atoms with Crippen molar-refractivity contribution in [2.75, 3.05) is 59.2 Å². The van der Waals surface area contributed by atoms with E-state index in [9.17, 15) is 33.6 Å². The first kappa shape index (κ1) is 57.1. The predicted molar refractivity (Wildman–Crippen MR) is 237 cm³/mol. The summed E-state index contributed by atoms with van der Waals surface area (Å²) in [7, 11) is 0. The molecule has 19 heteroatoms. The fourth-order valence-corrected chi connectivity index (χ4v) is 6.88. The third-order valence-electron chi connectivity index (χ3n) is 10.2. The molecule has 364 valence electrons. The van der Waals surface area contributed by atoms with Crippen LogP contribution in [0.3, 0.4) is 0 Å². The molecule has 0 bridgehead atoms. The van der Waals surface area contributed by atoms with Crippen molar-refractivity contribution in [2.24, 2.45) is 5.73 Å². The molecule has 0 aliphatic carbocycles. The highest BCUT2D eigenvalue weighted by atomic mass is 16.6. The molecule has 0 aromatic rings. The Hall–Kier alpha value is -3.91. The molecule has 1 aliphatic heterocycles. The van der Waals surface area contributed by atoms with E-state index in [1.54, 1.807) is 0 Å². The number of unbranched alkanes of at least 4 members (excludes halogenated alkanes) is 8. The molecule has 1 aliphatic rings. The monoisotopic (exact) mass is 900 g/mol. The molecule has 1 saturated heterocycles. The molecule has 0 spiro atoms. The van der Waals surface area contributed by atoms with Gasteiger partial charge in [-0.1, -0.05) is 58.3 Å². The SMILES string of the molecule is CCCCCCCCCCC(NC(=O)CCCCC(=O)N[C@@H]1O[C@H](COCCCNC(C)=O)[C@H](OCCCNC(C)=O)[C@H](OCCCNC(C)=O)[C@H]1OCCCNC(C)=O)C(N)=O. The standard InChI is InChI=1S/C44H81N7O12/c1-6-7-8-9-10-11-12-13-20-36(43(45)58)50-38(56)21-14-15-22-39(57)51-44-42(62-30-19-26-49-35(5)55)41(61-29-18-25-48-34(4)54)40(60-28-17-24-47-33(3)53)37(63-44)31-59-27-16-23-46-32(2)52/h36-37,40-42,44H,6-31H2,1-5H3,(H2,45,58)(H,46,52)(H,47,53)(H,48,54)(H,49,55)(H,50,56)(H,51,57)/t36?,37-,40+,41+,42-,44-/m1/s1. The lowest BCUT2D eigenvalue weighted by atomic mass is 9.97. The first-order chi connectivity index (χ1) is 30.2. The molecule has 19 nitrogen and oxygen atoms in total. The largest absolute Gasteiger partial charge is 0.379 e. The van der Waals surface area contributed by atoms with Crippen LogP contribution in [0.5, 0.6) is 0 Å².